The van der Waals surface area contributed by atoms with Gasteiger partial charge in [-0.1, -0.05) is 0 Å². The number of piperidine rings is 1. The van der Waals surface area contributed by atoms with E-state index >= 15 is 0 Å². The number of alkyl halides is 1. The molecule has 5 heteroatoms. The van der Waals surface area contributed by atoms with E-state index in [0.29, 0.717) is 31.2 Å². The second-order valence-electron chi connectivity index (χ2n) is 4.96. The topological polar surface area (TPSA) is 34.6 Å². The number of aromatic nitrogens is 1. The number of rotatable bonds is 2. The minimum Gasteiger partial charge on any atom is -0.486 e. The van der Waals surface area contributed by atoms with Crippen LogP contribution in [0.5, 0.6) is 11.6 Å². The molecule has 0 aromatic carbocycles. The van der Waals surface area contributed by atoms with Crippen molar-refractivity contribution in [2.24, 2.45) is 0 Å². The highest BCUT2D eigenvalue weighted by molar-refractivity contribution is 5.35. The van der Waals surface area contributed by atoms with E-state index in [1.165, 1.54) is 0 Å². The van der Waals surface area contributed by atoms with Gasteiger partial charge < -0.3 is 14.4 Å². The smallest absolute Gasteiger partial charge is 0.216 e. The molecule has 2 unspecified atom stereocenters. The van der Waals surface area contributed by atoms with Crippen molar-refractivity contribution < 1.29 is 13.9 Å². The Balaban J connectivity index is 1.69. The van der Waals surface area contributed by atoms with E-state index in [9.17, 15) is 4.39 Å². The number of nitrogens with zero attached hydrogens (tertiary/aromatic N) is 2. The van der Waals surface area contributed by atoms with E-state index in [2.05, 4.69) is 4.98 Å². The lowest BCUT2D eigenvalue weighted by molar-refractivity contribution is 0.0311. The summed E-state index contributed by atoms with van der Waals surface area (Å²) in [7, 11) is 1.93. The van der Waals surface area contributed by atoms with E-state index < -0.39 is 6.17 Å². The van der Waals surface area contributed by atoms with Gasteiger partial charge in [0.2, 0.25) is 5.88 Å². The van der Waals surface area contributed by atoms with Gasteiger partial charge in [0.25, 0.3) is 0 Å². The van der Waals surface area contributed by atoms with Gasteiger partial charge in [-0.25, -0.2) is 9.37 Å². The summed E-state index contributed by atoms with van der Waals surface area (Å²) >= 11 is 0. The van der Waals surface area contributed by atoms with E-state index in [0.717, 1.165) is 18.5 Å². The zero-order valence-corrected chi connectivity index (χ0v) is 10.4. The molecule has 0 radical (unpaired) electrons. The molecule has 0 aliphatic carbocycles. The fourth-order valence-electron chi connectivity index (χ4n) is 2.45. The Hall–Kier alpha value is -1.36. The molecule has 2 aliphatic heterocycles. The van der Waals surface area contributed by atoms with Crippen LogP contribution in [0.15, 0.2) is 12.3 Å². The van der Waals surface area contributed by atoms with Gasteiger partial charge in [-0.2, -0.15) is 0 Å². The molecule has 4 nitrogen and oxygen atoms in total. The first kappa shape index (κ1) is 11.7. The molecule has 18 heavy (non-hydrogen) atoms. The molecule has 0 N–H and O–H groups in total. The first-order chi connectivity index (χ1) is 8.72. The Morgan fingerprint density at radius 1 is 1.56 bits per heavy atom. The monoisotopic (exact) mass is 252 g/mol. The van der Waals surface area contributed by atoms with Crippen LogP contribution in [-0.4, -0.2) is 48.9 Å². The molecular weight excluding hydrogens is 235 g/mol. The SMILES string of the molecule is CN1CCC(Oc2cnc3c(c2)CCO3)C(F)C1. The van der Waals surface area contributed by atoms with Gasteiger partial charge in [0, 0.05) is 25.1 Å². The van der Waals surface area contributed by atoms with Crippen molar-refractivity contribution in [1.29, 1.82) is 0 Å². The Kier molecular flexibility index (Phi) is 3.07. The summed E-state index contributed by atoms with van der Waals surface area (Å²) in [6, 6.07) is 1.92. The van der Waals surface area contributed by atoms with Gasteiger partial charge in [0.15, 0.2) is 0 Å². The van der Waals surface area contributed by atoms with Gasteiger partial charge >= 0.3 is 0 Å². The predicted molar refractivity (Wildman–Crippen MR) is 64.9 cm³/mol. The van der Waals surface area contributed by atoms with Crippen molar-refractivity contribution >= 4 is 0 Å². The molecular formula is C13H17FN2O2. The summed E-state index contributed by atoms with van der Waals surface area (Å²) in [6.07, 6.45) is 1.89. The normalized spacial score (nSPS) is 27.7. The Bertz CT molecular complexity index is 441. The van der Waals surface area contributed by atoms with Crippen molar-refractivity contribution in [3.05, 3.63) is 17.8 Å². The number of halogens is 1. The van der Waals surface area contributed by atoms with Crippen molar-refractivity contribution in [2.75, 3.05) is 26.7 Å². The molecule has 98 valence electrons. The number of pyridine rings is 1. The third kappa shape index (κ3) is 2.27. The van der Waals surface area contributed by atoms with Gasteiger partial charge in [-0.05, 0) is 19.5 Å². The highest BCUT2D eigenvalue weighted by Crippen LogP contribution is 2.28. The van der Waals surface area contributed by atoms with Crippen LogP contribution in [0.4, 0.5) is 4.39 Å². The molecule has 2 aliphatic rings. The fourth-order valence-corrected chi connectivity index (χ4v) is 2.45. The van der Waals surface area contributed by atoms with Crippen LogP contribution in [0.2, 0.25) is 0 Å². The van der Waals surface area contributed by atoms with Crippen LogP contribution in [0, 0.1) is 0 Å². The number of fused-ring (bicyclic) bond motifs is 1. The predicted octanol–water partition coefficient (Wildman–Crippen LogP) is 1.44. The molecule has 3 heterocycles. The maximum absolute atomic E-state index is 13.8. The molecule has 0 amide bonds. The lowest BCUT2D eigenvalue weighted by Crippen LogP contribution is -2.45. The van der Waals surface area contributed by atoms with Crippen LogP contribution >= 0.6 is 0 Å². The molecule has 3 rings (SSSR count). The molecule has 0 bridgehead atoms. The van der Waals surface area contributed by atoms with E-state index in [-0.39, 0.29) is 6.10 Å². The Morgan fingerprint density at radius 2 is 2.44 bits per heavy atom. The number of hydrogen-bond acceptors (Lipinski definition) is 4. The third-order valence-corrected chi connectivity index (χ3v) is 3.48. The third-order valence-electron chi connectivity index (χ3n) is 3.48. The number of ether oxygens (including phenoxy) is 2. The summed E-state index contributed by atoms with van der Waals surface area (Å²) in [5, 5.41) is 0. The minimum absolute atomic E-state index is 0.358. The quantitative estimate of drug-likeness (QED) is 0.797. The molecule has 1 aromatic rings. The summed E-state index contributed by atoms with van der Waals surface area (Å²) < 4.78 is 24.9. The standard InChI is InChI=1S/C13H17FN2O2/c1-16-4-2-12(11(14)8-16)18-10-6-9-3-5-17-13(9)15-7-10/h6-7,11-12H,2-5,8H2,1H3. The first-order valence-electron chi connectivity index (χ1n) is 6.33. The Labute approximate surface area is 106 Å². The summed E-state index contributed by atoms with van der Waals surface area (Å²) in [5.74, 6) is 1.33. The van der Waals surface area contributed by atoms with Crippen LogP contribution in [0.1, 0.15) is 12.0 Å². The highest BCUT2D eigenvalue weighted by Gasteiger charge is 2.29. The van der Waals surface area contributed by atoms with Crippen molar-refractivity contribution in [1.82, 2.24) is 9.88 Å². The summed E-state index contributed by atoms with van der Waals surface area (Å²) in [6.45, 7) is 1.98. The van der Waals surface area contributed by atoms with Gasteiger partial charge in [0.1, 0.15) is 18.0 Å². The number of likely N-dealkylation sites (tertiary alicyclic amines) is 1. The molecule has 0 spiro atoms. The first-order valence-corrected chi connectivity index (χ1v) is 6.33. The van der Waals surface area contributed by atoms with Gasteiger partial charge in [-0.3, -0.25) is 0 Å². The van der Waals surface area contributed by atoms with Crippen LogP contribution in [-0.2, 0) is 6.42 Å². The molecule has 2 atom stereocenters. The Morgan fingerprint density at radius 3 is 3.28 bits per heavy atom. The van der Waals surface area contributed by atoms with Crippen molar-refractivity contribution in [3.63, 3.8) is 0 Å². The van der Waals surface area contributed by atoms with Crippen LogP contribution < -0.4 is 9.47 Å². The number of hydrogen-bond donors (Lipinski definition) is 0. The van der Waals surface area contributed by atoms with Crippen molar-refractivity contribution in [2.45, 2.75) is 25.1 Å². The van der Waals surface area contributed by atoms with Gasteiger partial charge in [-0.15, -0.1) is 0 Å². The second-order valence-corrected chi connectivity index (χ2v) is 4.96. The van der Waals surface area contributed by atoms with E-state index in [1.54, 1.807) is 6.20 Å². The van der Waals surface area contributed by atoms with E-state index in [1.807, 2.05) is 18.0 Å². The fraction of sp³-hybridized carbons (Fsp3) is 0.615. The van der Waals surface area contributed by atoms with E-state index in [4.69, 9.17) is 9.47 Å². The van der Waals surface area contributed by atoms with Crippen molar-refractivity contribution in [3.8, 4) is 11.6 Å². The average molecular weight is 252 g/mol. The minimum atomic E-state index is -0.937. The maximum atomic E-state index is 13.8. The summed E-state index contributed by atoms with van der Waals surface area (Å²) in [5.41, 5.74) is 1.05. The second kappa shape index (κ2) is 4.72. The lowest BCUT2D eigenvalue weighted by atomic mass is 10.1. The summed E-state index contributed by atoms with van der Waals surface area (Å²) in [4.78, 5) is 6.17. The zero-order valence-electron chi connectivity index (χ0n) is 10.4. The van der Waals surface area contributed by atoms with Crippen LogP contribution in [0.3, 0.4) is 0 Å². The molecule has 1 saturated heterocycles. The molecule has 0 saturated carbocycles. The lowest BCUT2D eigenvalue weighted by Gasteiger charge is -2.32. The average Bonchev–Trinajstić information content (AvgIpc) is 2.80. The molecule has 1 aromatic heterocycles. The van der Waals surface area contributed by atoms with Gasteiger partial charge in [0.05, 0.1) is 12.8 Å². The largest absolute Gasteiger partial charge is 0.486 e. The van der Waals surface area contributed by atoms with Crippen LogP contribution in [0.25, 0.3) is 0 Å². The molecule has 1 fully saturated rings. The zero-order chi connectivity index (χ0) is 12.5. The highest BCUT2D eigenvalue weighted by atomic mass is 19.1. The maximum Gasteiger partial charge on any atom is 0.216 e.